The molecule has 27 heavy (non-hydrogen) atoms. The number of para-hydroxylation sites is 1. The highest BCUT2D eigenvalue weighted by molar-refractivity contribution is 7.88. The van der Waals surface area contributed by atoms with E-state index >= 15 is 0 Å². The molecule has 3 rings (SSSR count). The maximum absolute atomic E-state index is 12.3. The smallest absolute Gasteiger partial charge is 0.223 e. The summed E-state index contributed by atoms with van der Waals surface area (Å²) in [7, 11) is -3.14. The van der Waals surface area contributed by atoms with Crippen molar-refractivity contribution in [3.8, 4) is 0 Å². The van der Waals surface area contributed by atoms with Crippen LogP contribution in [0.4, 0.5) is 5.69 Å². The van der Waals surface area contributed by atoms with Gasteiger partial charge in [0.05, 0.1) is 6.26 Å². The number of rotatable bonds is 6. The van der Waals surface area contributed by atoms with E-state index in [1.165, 1.54) is 16.2 Å². The van der Waals surface area contributed by atoms with Crippen molar-refractivity contribution in [1.82, 2.24) is 14.5 Å². The number of hydrogen-bond acceptors (Lipinski definition) is 5. The van der Waals surface area contributed by atoms with Crippen molar-refractivity contribution >= 4 is 21.6 Å². The normalized spacial score (nSPS) is 20.6. The van der Waals surface area contributed by atoms with Crippen molar-refractivity contribution in [2.24, 2.45) is 5.92 Å². The van der Waals surface area contributed by atoms with Gasteiger partial charge in [0.1, 0.15) is 0 Å². The van der Waals surface area contributed by atoms with Gasteiger partial charge < -0.3 is 10.2 Å². The molecule has 150 valence electrons. The summed E-state index contributed by atoms with van der Waals surface area (Å²) in [5.74, 6) is -0.0102. The van der Waals surface area contributed by atoms with E-state index < -0.39 is 10.0 Å². The third-order valence-corrected chi connectivity index (χ3v) is 6.82. The summed E-state index contributed by atoms with van der Waals surface area (Å²) >= 11 is 0. The Balaban J connectivity index is 1.33. The zero-order chi connectivity index (χ0) is 19.3. The molecule has 0 spiro atoms. The van der Waals surface area contributed by atoms with Gasteiger partial charge in [-0.15, -0.1) is 0 Å². The van der Waals surface area contributed by atoms with Crippen LogP contribution in [-0.4, -0.2) is 82.1 Å². The van der Waals surface area contributed by atoms with Gasteiger partial charge in [0.2, 0.25) is 15.9 Å². The lowest BCUT2D eigenvalue weighted by molar-refractivity contribution is -0.126. The summed E-state index contributed by atoms with van der Waals surface area (Å²) in [6.45, 7) is 6.39. The van der Waals surface area contributed by atoms with E-state index in [0.29, 0.717) is 32.5 Å². The summed E-state index contributed by atoms with van der Waals surface area (Å²) in [5.41, 5.74) is 1.27. The van der Waals surface area contributed by atoms with Crippen molar-refractivity contribution < 1.29 is 13.2 Å². The van der Waals surface area contributed by atoms with E-state index in [1.807, 2.05) is 6.07 Å². The maximum atomic E-state index is 12.3. The van der Waals surface area contributed by atoms with Gasteiger partial charge in [-0.1, -0.05) is 18.2 Å². The summed E-state index contributed by atoms with van der Waals surface area (Å²) < 4.78 is 24.5. The SMILES string of the molecule is CS(=O)(=O)N1CCC(C(=O)NCCN2CCN(c3ccccc3)CC2)CC1. The van der Waals surface area contributed by atoms with Gasteiger partial charge >= 0.3 is 0 Å². The minimum absolute atomic E-state index is 0.0612. The molecule has 0 atom stereocenters. The molecule has 7 nitrogen and oxygen atoms in total. The molecule has 1 aromatic carbocycles. The zero-order valence-electron chi connectivity index (χ0n) is 16.0. The highest BCUT2D eigenvalue weighted by Gasteiger charge is 2.28. The predicted molar refractivity (Wildman–Crippen MR) is 107 cm³/mol. The Morgan fingerprint density at radius 2 is 1.67 bits per heavy atom. The Kier molecular flexibility index (Phi) is 6.73. The van der Waals surface area contributed by atoms with Crippen molar-refractivity contribution in [1.29, 1.82) is 0 Å². The molecule has 0 radical (unpaired) electrons. The van der Waals surface area contributed by atoms with Gasteiger partial charge in [0.25, 0.3) is 0 Å². The molecule has 0 aromatic heterocycles. The molecule has 2 aliphatic rings. The van der Waals surface area contributed by atoms with Gasteiger partial charge in [-0.25, -0.2) is 12.7 Å². The molecule has 2 heterocycles. The molecule has 2 saturated heterocycles. The third kappa shape index (κ3) is 5.67. The van der Waals surface area contributed by atoms with Gasteiger partial charge in [0.15, 0.2) is 0 Å². The molecule has 0 saturated carbocycles. The zero-order valence-corrected chi connectivity index (χ0v) is 16.8. The quantitative estimate of drug-likeness (QED) is 0.765. The number of nitrogens with one attached hydrogen (secondary N) is 1. The molecule has 1 N–H and O–H groups in total. The van der Waals surface area contributed by atoms with Crippen LogP contribution in [0.1, 0.15) is 12.8 Å². The van der Waals surface area contributed by atoms with E-state index in [-0.39, 0.29) is 11.8 Å². The molecule has 0 bridgehead atoms. The van der Waals surface area contributed by atoms with Crippen LogP contribution in [0, 0.1) is 5.92 Å². The minimum Gasteiger partial charge on any atom is -0.369 e. The minimum atomic E-state index is -3.14. The molecule has 1 aromatic rings. The number of piperazine rings is 1. The van der Waals surface area contributed by atoms with Gasteiger partial charge in [0, 0.05) is 64.0 Å². The Bertz CT molecular complexity index is 710. The van der Waals surface area contributed by atoms with Crippen LogP contribution in [0.2, 0.25) is 0 Å². The van der Waals surface area contributed by atoms with E-state index in [4.69, 9.17) is 0 Å². The molecule has 0 aliphatic carbocycles. The number of carbonyl (C=O) groups is 1. The van der Waals surface area contributed by atoms with Crippen LogP contribution in [0.5, 0.6) is 0 Å². The van der Waals surface area contributed by atoms with Crippen LogP contribution in [0.3, 0.4) is 0 Å². The first-order valence-corrected chi connectivity index (χ1v) is 11.5. The van der Waals surface area contributed by atoms with Crippen LogP contribution >= 0.6 is 0 Å². The summed E-state index contributed by atoms with van der Waals surface area (Å²) in [6, 6.07) is 10.5. The molecular formula is C19H30N4O3S. The lowest BCUT2D eigenvalue weighted by atomic mass is 9.97. The van der Waals surface area contributed by atoms with Crippen LogP contribution in [0.25, 0.3) is 0 Å². The van der Waals surface area contributed by atoms with Gasteiger partial charge in [-0.2, -0.15) is 0 Å². The fraction of sp³-hybridized carbons (Fsp3) is 0.632. The number of amides is 1. The Hall–Kier alpha value is -1.64. The summed E-state index contributed by atoms with van der Waals surface area (Å²) in [6.07, 6.45) is 2.44. The molecule has 2 aliphatic heterocycles. The monoisotopic (exact) mass is 394 g/mol. The van der Waals surface area contributed by atoms with E-state index in [1.54, 1.807) is 0 Å². The Labute approximate surface area is 162 Å². The number of piperidine rings is 1. The Morgan fingerprint density at radius 3 is 2.26 bits per heavy atom. The predicted octanol–water partition coefficient (Wildman–Crippen LogP) is 0.596. The number of sulfonamides is 1. The average molecular weight is 395 g/mol. The standard InChI is InChI=1S/C19H30N4O3S/c1-27(25,26)23-10-7-17(8-11-23)19(24)20-9-12-21-13-15-22(16-14-21)18-5-3-2-4-6-18/h2-6,17H,7-16H2,1H3,(H,20,24). The molecule has 0 unspecified atom stereocenters. The van der Waals surface area contributed by atoms with Crippen LogP contribution < -0.4 is 10.2 Å². The second-order valence-corrected chi connectivity index (χ2v) is 9.37. The summed E-state index contributed by atoms with van der Waals surface area (Å²) in [4.78, 5) is 17.1. The molecular weight excluding hydrogens is 364 g/mol. The highest BCUT2D eigenvalue weighted by atomic mass is 32.2. The van der Waals surface area contributed by atoms with Crippen molar-refractivity contribution in [3.63, 3.8) is 0 Å². The van der Waals surface area contributed by atoms with Crippen LogP contribution in [0.15, 0.2) is 30.3 Å². The van der Waals surface area contributed by atoms with Gasteiger partial charge in [-0.3, -0.25) is 9.69 Å². The lowest BCUT2D eigenvalue weighted by Crippen LogP contribution is -2.49. The number of anilines is 1. The van der Waals surface area contributed by atoms with Crippen molar-refractivity contribution in [2.45, 2.75) is 12.8 Å². The number of benzene rings is 1. The molecule has 8 heteroatoms. The number of hydrogen-bond donors (Lipinski definition) is 1. The fourth-order valence-electron chi connectivity index (χ4n) is 3.80. The molecule has 2 fully saturated rings. The second-order valence-electron chi connectivity index (χ2n) is 7.39. The topological polar surface area (TPSA) is 73.0 Å². The maximum Gasteiger partial charge on any atom is 0.223 e. The average Bonchev–Trinajstić information content (AvgIpc) is 2.68. The first-order valence-electron chi connectivity index (χ1n) is 9.68. The lowest BCUT2D eigenvalue weighted by Gasteiger charge is -2.36. The largest absolute Gasteiger partial charge is 0.369 e. The first-order chi connectivity index (χ1) is 12.9. The Morgan fingerprint density at radius 1 is 1.04 bits per heavy atom. The van der Waals surface area contributed by atoms with Gasteiger partial charge in [-0.05, 0) is 25.0 Å². The van der Waals surface area contributed by atoms with E-state index in [0.717, 1.165) is 32.7 Å². The van der Waals surface area contributed by atoms with E-state index in [2.05, 4.69) is 39.4 Å². The number of carbonyl (C=O) groups excluding carboxylic acids is 1. The number of nitrogens with zero attached hydrogens (tertiary/aromatic N) is 3. The molecule has 1 amide bonds. The van der Waals surface area contributed by atoms with Crippen LogP contribution in [-0.2, 0) is 14.8 Å². The summed E-state index contributed by atoms with van der Waals surface area (Å²) in [5, 5.41) is 3.03. The van der Waals surface area contributed by atoms with Crippen molar-refractivity contribution in [3.05, 3.63) is 30.3 Å². The second kappa shape index (κ2) is 9.03. The highest BCUT2D eigenvalue weighted by Crippen LogP contribution is 2.19. The third-order valence-electron chi connectivity index (χ3n) is 5.51. The first kappa shape index (κ1) is 20.1. The van der Waals surface area contributed by atoms with Crippen molar-refractivity contribution in [2.75, 3.05) is 63.5 Å². The van der Waals surface area contributed by atoms with E-state index in [9.17, 15) is 13.2 Å². The fourth-order valence-corrected chi connectivity index (χ4v) is 4.67.